The summed E-state index contributed by atoms with van der Waals surface area (Å²) in [5, 5.41) is 35.5. The Kier molecular flexibility index (Phi) is 4.45. The number of nitriles is 4. The zero-order valence-corrected chi connectivity index (χ0v) is 9.18. The molecule has 4 heteroatoms. The average Bonchev–Trinajstić information content (AvgIpc) is 2.43. The van der Waals surface area contributed by atoms with E-state index in [1.807, 2.05) is 6.07 Å². The van der Waals surface area contributed by atoms with Crippen molar-refractivity contribution in [3.05, 3.63) is 53.1 Å². The maximum absolute atomic E-state index is 9.10. The molecule has 0 unspecified atom stereocenters. The molecule has 1 aromatic rings. The number of hydrogen-bond acceptors (Lipinski definition) is 4. The van der Waals surface area contributed by atoms with Crippen molar-refractivity contribution in [1.29, 1.82) is 21.0 Å². The molecule has 1 rings (SSSR count). The molecule has 0 fully saturated rings. The molecule has 0 bridgehead atoms. The van der Waals surface area contributed by atoms with Crippen molar-refractivity contribution in [3.63, 3.8) is 0 Å². The third kappa shape index (κ3) is 2.61. The first-order valence-electron chi connectivity index (χ1n) is 4.81. The molecule has 0 aromatic heterocycles. The largest absolute Gasteiger partial charge is 0.192 e. The van der Waals surface area contributed by atoms with Crippen LogP contribution in [-0.4, -0.2) is 0 Å². The number of benzene rings is 1. The number of allylic oxidation sites excluding steroid dienone is 4. The summed E-state index contributed by atoms with van der Waals surface area (Å²) in [7, 11) is 0. The van der Waals surface area contributed by atoms with Crippen LogP contribution >= 0.6 is 0 Å². The highest BCUT2D eigenvalue weighted by atomic mass is 14.3. The lowest BCUT2D eigenvalue weighted by atomic mass is 9.97. The molecule has 0 N–H and O–H groups in total. The van der Waals surface area contributed by atoms with Crippen molar-refractivity contribution in [2.24, 2.45) is 0 Å². The van der Waals surface area contributed by atoms with E-state index < -0.39 is 0 Å². The quantitative estimate of drug-likeness (QED) is 0.574. The Hall–Kier alpha value is -3.34. The molecule has 18 heavy (non-hydrogen) atoms. The second-order valence-electron chi connectivity index (χ2n) is 3.06. The van der Waals surface area contributed by atoms with Gasteiger partial charge in [0.25, 0.3) is 0 Å². The molecular weight excluding hydrogens is 224 g/mol. The molecule has 1 radical (unpaired) electrons. The summed E-state index contributed by atoms with van der Waals surface area (Å²) in [6.07, 6.45) is 2.10. The lowest BCUT2D eigenvalue weighted by Gasteiger charge is -2.01. The van der Waals surface area contributed by atoms with Crippen LogP contribution in [-0.2, 0) is 0 Å². The molecular formula is C14H5N4. The molecule has 0 atom stereocenters. The van der Waals surface area contributed by atoms with Crippen molar-refractivity contribution in [2.75, 3.05) is 0 Å². The zero-order valence-electron chi connectivity index (χ0n) is 9.18. The fraction of sp³-hybridized carbons (Fsp3) is 0. The SMILES string of the molecule is N#C[C]=C(C#N)C(C#N)=C(C#N)c1ccccc1. The summed E-state index contributed by atoms with van der Waals surface area (Å²) >= 11 is 0. The lowest BCUT2D eigenvalue weighted by Crippen LogP contribution is -1.92. The standard InChI is InChI=1S/C14H5N4/c15-7-6-12(8-16)14(10-18)13(9-17)11-4-2-1-3-5-11/h1-5H. The van der Waals surface area contributed by atoms with Crippen molar-refractivity contribution in [2.45, 2.75) is 0 Å². The predicted molar refractivity (Wildman–Crippen MR) is 62.6 cm³/mol. The molecule has 1 aromatic carbocycles. The summed E-state index contributed by atoms with van der Waals surface area (Å²) in [6, 6.07) is 15.4. The van der Waals surface area contributed by atoms with Gasteiger partial charge < -0.3 is 0 Å². The second kappa shape index (κ2) is 6.29. The third-order valence-corrected chi connectivity index (χ3v) is 2.08. The van der Waals surface area contributed by atoms with Gasteiger partial charge in [-0.25, -0.2) is 0 Å². The molecule has 81 valence electrons. The fourth-order valence-electron chi connectivity index (χ4n) is 1.31. The second-order valence-corrected chi connectivity index (χ2v) is 3.06. The van der Waals surface area contributed by atoms with E-state index >= 15 is 0 Å². The summed E-state index contributed by atoms with van der Waals surface area (Å²) in [4.78, 5) is 0. The van der Waals surface area contributed by atoms with E-state index in [0.29, 0.717) is 5.56 Å². The normalized spacial score (nSPS) is 11.2. The highest BCUT2D eigenvalue weighted by Crippen LogP contribution is 2.22. The van der Waals surface area contributed by atoms with E-state index in [2.05, 4.69) is 6.08 Å². The Morgan fingerprint density at radius 3 is 1.94 bits per heavy atom. The highest BCUT2D eigenvalue weighted by molar-refractivity contribution is 5.85. The first-order valence-corrected chi connectivity index (χ1v) is 4.81. The van der Waals surface area contributed by atoms with Gasteiger partial charge in [0, 0.05) is 0 Å². The van der Waals surface area contributed by atoms with E-state index in [1.54, 1.807) is 48.5 Å². The minimum Gasteiger partial charge on any atom is -0.192 e. The van der Waals surface area contributed by atoms with Crippen LogP contribution in [0, 0.1) is 51.4 Å². The summed E-state index contributed by atoms with van der Waals surface area (Å²) in [5.41, 5.74) is 0.189. The topological polar surface area (TPSA) is 95.2 Å². The molecule has 0 saturated heterocycles. The molecule has 0 saturated carbocycles. The summed E-state index contributed by atoms with van der Waals surface area (Å²) < 4.78 is 0. The van der Waals surface area contributed by atoms with Crippen LogP contribution in [0.25, 0.3) is 5.57 Å². The van der Waals surface area contributed by atoms with Gasteiger partial charge in [-0.15, -0.1) is 0 Å². The fourth-order valence-corrected chi connectivity index (χ4v) is 1.31. The van der Waals surface area contributed by atoms with Gasteiger partial charge in [0.15, 0.2) is 0 Å². The molecule has 0 aliphatic carbocycles. The van der Waals surface area contributed by atoms with E-state index in [9.17, 15) is 0 Å². The first kappa shape index (κ1) is 12.7. The smallest absolute Gasteiger partial charge is 0.102 e. The van der Waals surface area contributed by atoms with Gasteiger partial charge in [-0.2, -0.15) is 21.0 Å². The van der Waals surface area contributed by atoms with Crippen LogP contribution in [0.2, 0.25) is 0 Å². The van der Waals surface area contributed by atoms with Crippen molar-refractivity contribution in [1.82, 2.24) is 0 Å². The van der Waals surface area contributed by atoms with E-state index in [-0.39, 0.29) is 16.7 Å². The van der Waals surface area contributed by atoms with Gasteiger partial charge in [0.2, 0.25) is 0 Å². The van der Waals surface area contributed by atoms with E-state index in [4.69, 9.17) is 21.0 Å². The van der Waals surface area contributed by atoms with Gasteiger partial charge in [0.05, 0.1) is 22.8 Å². The zero-order chi connectivity index (χ0) is 13.4. The maximum Gasteiger partial charge on any atom is 0.102 e. The minimum absolute atomic E-state index is 0.0531. The number of nitrogens with zero attached hydrogens (tertiary/aromatic N) is 4. The Bertz CT molecular complexity index is 668. The Morgan fingerprint density at radius 1 is 0.833 bits per heavy atom. The Morgan fingerprint density at radius 2 is 1.50 bits per heavy atom. The highest BCUT2D eigenvalue weighted by Gasteiger charge is 2.13. The first-order chi connectivity index (χ1) is 8.78. The van der Waals surface area contributed by atoms with E-state index in [1.165, 1.54) is 0 Å². The van der Waals surface area contributed by atoms with Crippen LogP contribution in [0.1, 0.15) is 5.56 Å². The number of hydrogen-bond donors (Lipinski definition) is 0. The van der Waals surface area contributed by atoms with Crippen molar-refractivity contribution < 1.29 is 0 Å². The average molecular weight is 229 g/mol. The van der Waals surface area contributed by atoms with E-state index in [0.717, 1.165) is 0 Å². The van der Waals surface area contributed by atoms with Crippen molar-refractivity contribution in [3.8, 4) is 24.3 Å². The van der Waals surface area contributed by atoms with Crippen LogP contribution in [0.5, 0.6) is 0 Å². The lowest BCUT2D eigenvalue weighted by molar-refractivity contribution is 1.41. The van der Waals surface area contributed by atoms with Gasteiger partial charge >= 0.3 is 0 Å². The molecule has 0 heterocycles. The van der Waals surface area contributed by atoms with Crippen LogP contribution in [0.15, 0.2) is 41.5 Å². The molecule has 0 spiro atoms. The summed E-state index contributed by atoms with van der Waals surface area (Å²) in [5.74, 6) is 0. The molecule has 0 aliphatic rings. The van der Waals surface area contributed by atoms with Gasteiger partial charge in [-0.3, -0.25) is 0 Å². The number of rotatable bonds is 2. The van der Waals surface area contributed by atoms with Crippen LogP contribution in [0.4, 0.5) is 0 Å². The van der Waals surface area contributed by atoms with Crippen LogP contribution < -0.4 is 0 Å². The van der Waals surface area contributed by atoms with Crippen molar-refractivity contribution >= 4 is 5.57 Å². The van der Waals surface area contributed by atoms with Gasteiger partial charge in [-0.1, -0.05) is 30.3 Å². The maximum atomic E-state index is 9.10. The Balaban J connectivity index is 3.54. The molecule has 0 aliphatic heterocycles. The van der Waals surface area contributed by atoms with Gasteiger partial charge in [-0.05, 0) is 5.56 Å². The third-order valence-electron chi connectivity index (χ3n) is 2.08. The summed E-state index contributed by atoms with van der Waals surface area (Å²) in [6.45, 7) is 0. The predicted octanol–water partition coefficient (Wildman–Crippen LogP) is 2.26. The monoisotopic (exact) mass is 229 g/mol. The molecule has 4 nitrogen and oxygen atoms in total. The van der Waals surface area contributed by atoms with Gasteiger partial charge in [0.1, 0.15) is 24.3 Å². The minimum atomic E-state index is -0.236. The Labute approximate surface area is 105 Å². The molecule has 0 amide bonds. The van der Waals surface area contributed by atoms with Crippen LogP contribution in [0.3, 0.4) is 0 Å².